The molecule has 0 unspecified atom stereocenters. The van der Waals surface area contributed by atoms with Crippen LogP contribution in [0.1, 0.15) is 27.6 Å². The van der Waals surface area contributed by atoms with Crippen molar-refractivity contribution in [2.75, 3.05) is 5.73 Å². The molecule has 1 aromatic carbocycles. The van der Waals surface area contributed by atoms with Crippen LogP contribution in [0.15, 0.2) is 18.2 Å². The fraction of sp³-hybridized carbons (Fsp3) is 0.111. The summed E-state index contributed by atoms with van der Waals surface area (Å²) in [5.41, 5.74) is 5.94. The van der Waals surface area contributed by atoms with Crippen molar-refractivity contribution in [3.63, 3.8) is 0 Å². The standard InChI is InChI=1S/C9H9NO3/c1-5(11)8-4-6(10)2-3-7(8)9(12)13/h2-4H,10H2,1H3,(H,12,13). The number of anilines is 1. The Balaban J connectivity index is 3.35. The van der Waals surface area contributed by atoms with E-state index in [1.165, 1.54) is 25.1 Å². The summed E-state index contributed by atoms with van der Waals surface area (Å²) in [5, 5.41) is 8.71. The summed E-state index contributed by atoms with van der Waals surface area (Å²) >= 11 is 0. The Kier molecular flexibility index (Phi) is 2.32. The zero-order valence-corrected chi connectivity index (χ0v) is 7.07. The van der Waals surface area contributed by atoms with Crippen LogP contribution < -0.4 is 5.73 Å². The van der Waals surface area contributed by atoms with Crippen LogP contribution in [0.3, 0.4) is 0 Å². The third kappa shape index (κ3) is 1.84. The molecule has 0 aliphatic rings. The Hall–Kier alpha value is -1.84. The molecule has 1 rings (SSSR count). The van der Waals surface area contributed by atoms with Crippen molar-refractivity contribution in [3.05, 3.63) is 29.3 Å². The molecule has 0 heterocycles. The predicted molar refractivity (Wildman–Crippen MR) is 47.8 cm³/mol. The van der Waals surface area contributed by atoms with Crippen LogP contribution in [-0.4, -0.2) is 16.9 Å². The van der Waals surface area contributed by atoms with Gasteiger partial charge in [-0.2, -0.15) is 0 Å². The summed E-state index contributed by atoms with van der Waals surface area (Å²) in [6.45, 7) is 1.31. The van der Waals surface area contributed by atoms with E-state index in [0.29, 0.717) is 5.69 Å². The molecule has 4 heteroatoms. The number of Topliss-reactive ketones (excluding diaryl/α,β-unsaturated/α-hetero) is 1. The number of ketones is 1. The van der Waals surface area contributed by atoms with Crippen LogP contribution >= 0.6 is 0 Å². The van der Waals surface area contributed by atoms with E-state index in [9.17, 15) is 9.59 Å². The molecule has 0 aliphatic carbocycles. The van der Waals surface area contributed by atoms with Gasteiger partial charge in [0, 0.05) is 11.3 Å². The molecule has 4 nitrogen and oxygen atoms in total. The highest BCUT2D eigenvalue weighted by Crippen LogP contribution is 2.14. The smallest absolute Gasteiger partial charge is 0.336 e. The lowest BCUT2D eigenvalue weighted by Gasteiger charge is -2.02. The van der Waals surface area contributed by atoms with Crippen LogP contribution in [0.5, 0.6) is 0 Å². The summed E-state index contributed by atoms with van der Waals surface area (Å²) in [5.74, 6) is -1.42. The number of carboxylic acid groups (broad SMARTS) is 1. The van der Waals surface area contributed by atoms with E-state index in [2.05, 4.69) is 0 Å². The molecule has 0 aromatic heterocycles. The number of carbonyl (C=O) groups excluding carboxylic acids is 1. The Labute approximate surface area is 75.0 Å². The van der Waals surface area contributed by atoms with E-state index < -0.39 is 5.97 Å². The number of hydrogen-bond acceptors (Lipinski definition) is 3. The Morgan fingerprint density at radius 1 is 1.31 bits per heavy atom. The largest absolute Gasteiger partial charge is 0.478 e. The molecule has 0 bridgehead atoms. The van der Waals surface area contributed by atoms with E-state index >= 15 is 0 Å². The van der Waals surface area contributed by atoms with Crippen molar-refractivity contribution < 1.29 is 14.7 Å². The molecular formula is C9H9NO3. The highest BCUT2D eigenvalue weighted by Gasteiger charge is 2.12. The third-order valence-corrected chi connectivity index (χ3v) is 1.65. The molecule has 0 aliphatic heterocycles. The minimum Gasteiger partial charge on any atom is -0.478 e. The van der Waals surface area contributed by atoms with Gasteiger partial charge in [0.25, 0.3) is 0 Å². The summed E-state index contributed by atoms with van der Waals surface area (Å²) in [7, 11) is 0. The quantitative estimate of drug-likeness (QED) is 0.527. The summed E-state index contributed by atoms with van der Waals surface area (Å²) < 4.78 is 0. The predicted octanol–water partition coefficient (Wildman–Crippen LogP) is 1.17. The van der Waals surface area contributed by atoms with Crippen molar-refractivity contribution in [3.8, 4) is 0 Å². The van der Waals surface area contributed by atoms with Crippen molar-refractivity contribution in [2.24, 2.45) is 0 Å². The monoisotopic (exact) mass is 179 g/mol. The zero-order chi connectivity index (χ0) is 10.0. The topological polar surface area (TPSA) is 80.4 Å². The first-order valence-electron chi connectivity index (χ1n) is 3.66. The van der Waals surface area contributed by atoms with Crippen LogP contribution in [0.25, 0.3) is 0 Å². The van der Waals surface area contributed by atoms with Crippen LogP contribution in [0.2, 0.25) is 0 Å². The summed E-state index contributed by atoms with van der Waals surface area (Å²) in [4.78, 5) is 21.6. The van der Waals surface area contributed by atoms with E-state index in [0.717, 1.165) is 0 Å². The summed E-state index contributed by atoms with van der Waals surface area (Å²) in [6.07, 6.45) is 0. The number of nitrogens with two attached hydrogens (primary N) is 1. The van der Waals surface area contributed by atoms with Crippen LogP contribution in [0, 0.1) is 0 Å². The van der Waals surface area contributed by atoms with Gasteiger partial charge in [-0.25, -0.2) is 4.79 Å². The lowest BCUT2D eigenvalue weighted by molar-refractivity contribution is 0.0692. The van der Waals surface area contributed by atoms with E-state index in [1.54, 1.807) is 0 Å². The minimum atomic E-state index is -1.12. The van der Waals surface area contributed by atoms with Crippen molar-refractivity contribution >= 4 is 17.4 Å². The molecule has 0 saturated heterocycles. The maximum atomic E-state index is 11.0. The number of carbonyl (C=O) groups is 2. The zero-order valence-electron chi connectivity index (χ0n) is 7.07. The van der Waals surface area contributed by atoms with Gasteiger partial charge in [0.1, 0.15) is 0 Å². The highest BCUT2D eigenvalue weighted by atomic mass is 16.4. The number of aromatic carboxylic acids is 1. The number of carboxylic acids is 1. The third-order valence-electron chi connectivity index (χ3n) is 1.65. The molecule has 0 saturated carbocycles. The Morgan fingerprint density at radius 2 is 1.92 bits per heavy atom. The molecule has 3 N–H and O–H groups in total. The van der Waals surface area contributed by atoms with Gasteiger partial charge in [-0.1, -0.05) is 0 Å². The molecule has 0 spiro atoms. The molecule has 1 aromatic rings. The first-order valence-corrected chi connectivity index (χ1v) is 3.66. The van der Waals surface area contributed by atoms with Gasteiger partial charge < -0.3 is 10.8 Å². The summed E-state index contributed by atoms with van der Waals surface area (Å²) in [6, 6.07) is 4.15. The van der Waals surface area contributed by atoms with Gasteiger partial charge in [0.2, 0.25) is 0 Å². The maximum absolute atomic E-state index is 11.0. The molecule has 13 heavy (non-hydrogen) atoms. The van der Waals surface area contributed by atoms with E-state index in [1.807, 2.05) is 0 Å². The lowest BCUT2D eigenvalue weighted by atomic mass is 10.0. The molecule has 0 amide bonds. The number of nitrogen functional groups attached to an aromatic ring is 1. The lowest BCUT2D eigenvalue weighted by Crippen LogP contribution is -2.06. The van der Waals surface area contributed by atoms with E-state index in [4.69, 9.17) is 10.8 Å². The Morgan fingerprint density at radius 3 is 2.38 bits per heavy atom. The van der Waals surface area contributed by atoms with Crippen molar-refractivity contribution in [1.29, 1.82) is 0 Å². The number of hydrogen-bond donors (Lipinski definition) is 2. The van der Waals surface area contributed by atoms with E-state index in [-0.39, 0.29) is 16.9 Å². The molecule has 0 radical (unpaired) electrons. The number of benzene rings is 1. The van der Waals surface area contributed by atoms with Crippen molar-refractivity contribution in [1.82, 2.24) is 0 Å². The fourth-order valence-corrected chi connectivity index (χ4v) is 1.04. The molecule has 68 valence electrons. The SMILES string of the molecule is CC(=O)c1cc(N)ccc1C(=O)O. The van der Waals surface area contributed by atoms with Gasteiger partial charge >= 0.3 is 5.97 Å². The van der Waals surface area contributed by atoms with Crippen LogP contribution in [0.4, 0.5) is 5.69 Å². The fourth-order valence-electron chi connectivity index (χ4n) is 1.04. The van der Waals surface area contributed by atoms with Crippen molar-refractivity contribution in [2.45, 2.75) is 6.92 Å². The molecule has 0 fully saturated rings. The van der Waals surface area contributed by atoms with Gasteiger partial charge in [-0.05, 0) is 25.1 Å². The second-order valence-electron chi connectivity index (χ2n) is 2.67. The first kappa shape index (κ1) is 9.25. The van der Waals surface area contributed by atoms with Crippen LogP contribution in [-0.2, 0) is 0 Å². The highest BCUT2D eigenvalue weighted by molar-refractivity contribution is 6.05. The van der Waals surface area contributed by atoms with Gasteiger partial charge in [0.15, 0.2) is 5.78 Å². The normalized spacial score (nSPS) is 9.62. The second kappa shape index (κ2) is 3.26. The van der Waals surface area contributed by atoms with Gasteiger partial charge in [-0.3, -0.25) is 4.79 Å². The molecule has 0 atom stereocenters. The Bertz CT molecular complexity index is 371. The second-order valence-corrected chi connectivity index (χ2v) is 2.67. The average molecular weight is 179 g/mol. The van der Waals surface area contributed by atoms with Gasteiger partial charge in [0.05, 0.1) is 5.56 Å². The minimum absolute atomic E-state index is 0.0123. The average Bonchev–Trinajstić information content (AvgIpc) is 2.03. The van der Waals surface area contributed by atoms with Gasteiger partial charge in [-0.15, -0.1) is 0 Å². The maximum Gasteiger partial charge on any atom is 0.336 e. The number of rotatable bonds is 2. The first-order chi connectivity index (χ1) is 6.02. The molecular weight excluding hydrogens is 170 g/mol.